The van der Waals surface area contributed by atoms with Crippen LogP contribution in [0.2, 0.25) is 0 Å². The summed E-state index contributed by atoms with van der Waals surface area (Å²) in [7, 11) is 0. The van der Waals surface area contributed by atoms with Crippen molar-refractivity contribution < 1.29 is 0 Å². The van der Waals surface area contributed by atoms with Crippen molar-refractivity contribution in [3.8, 4) is 0 Å². The van der Waals surface area contributed by atoms with Gasteiger partial charge < -0.3 is 11.7 Å². The zero-order chi connectivity index (χ0) is 8.43. The molecule has 0 amide bonds. The minimum Gasteiger partial charge on any atom is -0.337 e. The zero-order valence-corrected chi connectivity index (χ0v) is 7.67. The van der Waals surface area contributed by atoms with E-state index in [0.29, 0.717) is 5.49 Å². The molecule has 0 aliphatic rings. The lowest BCUT2D eigenvalue weighted by Crippen LogP contribution is -2.31. The van der Waals surface area contributed by atoms with Gasteiger partial charge >= 0.3 is 0 Å². The summed E-state index contributed by atoms with van der Waals surface area (Å²) in [6, 6.07) is 3.73. The molecule has 0 saturated heterocycles. The van der Waals surface area contributed by atoms with Gasteiger partial charge in [0.1, 0.15) is 0 Å². The maximum atomic E-state index is 5.61. The van der Waals surface area contributed by atoms with Gasteiger partial charge in [-0.25, -0.2) is 4.68 Å². The van der Waals surface area contributed by atoms with Crippen molar-refractivity contribution in [2.45, 2.75) is 6.92 Å². The highest BCUT2D eigenvalue weighted by Crippen LogP contribution is 2.02. The molecule has 0 aliphatic carbocycles. The topological polar surface area (TPSA) is 69.3 Å². The standard InChI is InChI=1S/C6H9BrN4/c1-4-2-3-5(7)6(10-8)11(4)9/h2-3H,8-9H2,1H3/b10-6-. The van der Waals surface area contributed by atoms with E-state index in [9.17, 15) is 0 Å². The van der Waals surface area contributed by atoms with Gasteiger partial charge in [0.25, 0.3) is 0 Å². The minimum absolute atomic E-state index is 0.532. The Hall–Kier alpha value is -0.970. The lowest BCUT2D eigenvalue weighted by Gasteiger charge is -2.04. The normalized spacial score (nSPS) is 12.0. The smallest absolute Gasteiger partial charge is 0.184 e. The molecule has 4 N–H and O–H groups in total. The monoisotopic (exact) mass is 216 g/mol. The van der Waals surface area contributed by atoms with Gasteiger partial charge in [-0.15, -0.1) is 0 Å². The Morgan fingerprint density at radius 2 is 2.18 bits per heavy atom. The number of pyridine rings is 1. The van der Waals surface area contributed by atoms with Crippen LogP contribution in [0.15, 0.2) is 21.7 Å². The van der Waals surface area contributed by atoms with E-state index >= 15 is 0 Å². The molecular weight excluding hydrogens is 208 g/mol. The molecule has 0 aromatic carbocycles. The van der Waals surface area contributed by atoms with Crippen LogP contribution in [0.5, 0.6) is 0 Å². The third kappa shape index (κ3) is 1.37. The highest BCUT2D eigenvalue weighted by molar-refractivity contribution is 9.10. The van der Waals surface area contributed by atoms with Gasteiger partial charge in [0.05, 0.1) is 4.47 Å². The lowest BCUT2D eigenvalue weighted by atomic mass is 10.4. The second-order valence-electron chi connectivity index (χ2n) is 2.15. The van der Waals surface area contributed by atoms with Gasteiger partial charge in [0.2, 0.25) is 0 Å². The van der Waals surface area contributed by atoms with E-state index in [1.165, 1.54) is 4.68 Å². The SMILES string of the molecule is Cc1ccc(Br)/c(=N/N)n1N. The predicted octanol–water partition coefficient (Wildman–Crippen LogP) is 0.0472. The molecular formula is C6H9BrN4. The van der Waals surface area contributed by atoms with E-state index in [2.05, 4.69) is 21.0 Å². The Labute approximate surface area is 72.6 Å². The van der Waals surface area contributed by atoms with Crippen LogP contribution in [0.25, 0.3) is 0 Å². The largest absolute Gasteiger partial charge is 0.337 e. The molecule has 1 rings (SSSR count). The summed E-state index contributed by atoms with van der Waals surface area (Å²) < 4.78 is 2.21. The average molecular weight is 217 g/mol. The number of hydrogen-bond donors (Lipinski definition) is 2. The van der Waals surface area contributed by atoms with Crippen LogP contribution in [0, 0.1) is 6.92 Å². The molecule has 0 atom stereocenters. The summed E-state index contributed by atoms with van der Waals surface area (Å²) in [6.45, 7) is 1.88. The number of aryl methyl sites for hydroxylation is 1. The Balaban J connectivity index is 3.55. The van der Waals surface area contributed by atoms with Gasteiger partial charge in [-0.1, -0.05) is 0 Å². The molecule has 0 unspecified atom stereocenters. The van der Waals surface area contributed by atoms with Crippen LogP contribution in [0.4, 0.5) is 0 Å². The van der Waals surface area contributed by atoms with Crippen LogP contribution < -0.4 is 17.2 Å². The number of nitrogen functional groups attached to an aromatic ring is 1. The Morgan fingerprint density at radius 1 is 1.55 bits per heavy atom. The Morgan fingerprint density at radius 3 is 2.64 bits per heavy atom. The van der Waals surface area contributed by atoms with Crippen LogP contribution in [-0.4, -0.2) is 4.68 Å². The number of hydrogen-bond acceptors (Lipinski definition) is 3. The number of nitrogens with two attached hydrogens (primary N) is 2. The first kappa shape index (κ1) is 8.13. The average Bonchev–Trinajstić information content (AvgIpc) is 1.99. The van der Waals surface area contributed by atoms with Crippen molar-refractivity contribution in [2.75, 3.05) is 5.84 Å². The van der Waals surface area contributed by atoms with Crippen molar-refractivity contribution in [1.29, 1.82) is 0 Å². The molecule has 0 spiro atoms. The highest BCUT2D eigenvalue weighted by atomic mass is 79.9. The first-order valence-electron chi connectivity index (χ1n) is 3.04. The molecule has 1 aromatic heterocycles. The fourth-order valence-corrected chi connectivity index (χ4v) is 1.18. The summed E-state index contributed by atoms with van der Waals surface area (Å²) in [4.78, 5) is 0. The van der Waals surface area contributed by atoms with Gasteiger partial charge in [-0.05, 0) is 35.0 Å². The van der Waals surface area contributed by atoms with Gasteiger partial charge in [-0.3, -0.25) is 0 Å². The van der Waals surface area contributed by atoms with Crippen LogP contribution >= 0.6 is 15.9 Å². The van der Waals surface area contributed by atoms with Crippen LogP contribution in [0.3, 0.4) is 0 Å². The second-order valence-corrected chi connectivity index (χ2v) is 3.00. The number of nitrogens with zero attached hydrogens (tertiary/aromatic N) is 2. The fraction of sp³-hybridized carbons (Fsp3) is 0.167. The van der Waals surface area contributed by atoms with Crippen LogP contribution in [0.1, 0.15) is 5.69 Å². The Kier molecular flexibility index (Phi) is 2.19. The molecule has 5 heteroatoms. The summed E-state index contributed by atoms with van der Waals surface area (Å²) in [6.07, 6.45) is 0. The molecule has 0 bridgehead atoms. The summed E-state index contributed by atoms with van der Waals surface area (Å²) in [5, 5.41) is 3.52. The zero-order valence-electron chi connectivity index (χ0n) is 6.08. The van der Waals surface area contributed by atoms with Crippen molar-refractivity contribution in [1.82, 2.24) is 4.68 Å². The van der Waals surface area contributed by atoms with E-state index in [1.54, 1.807) is 0 Å². The third-order valence-electron chi connectivity index (χ3n) is 1.41. The minimum atomic E-state index is 0.532. The van der Waals surface area contributed by atoms with Crippen molar-refractivity contribution in [3.63, 3.8) is 0 Å². The molecule has 0 radical (unpaired) electrons. The highest BCUT2D eigenvalue weighted by Gasteiger charge is 1.96. The van der Waals surface area contributed by atoms with Gasteiger partial charge in [0.15, 0.2) is 5.49 Å². The number of aromatic nitrogens is 1. The van der Waals surface area contributed by atoms with E-state index in [-0.39, 0.29) is 0 Å². The van der Waals surface area contributed by atoms with Crippen molar-refractivity contribution in [2.24, 2.45) is 10.9 Å². The van der Waals surface area contributed by atoms with E-state index in [4.69, 9.17) is 11.7 Å². The number of halogens is 1. The predicted molar refractivity (Wildman–Crippen MR) is 46.8 cm³/mol. The number of rotatable bonds is 0. The molecule has 1 aromatic rings. The van der Waals surface area contributed by atoms with Gasteiger partial charge in [0, 0.05) is 5.69 Å². The van der Waals surface area contributed by atoms with E-state index < -0.39 is 0 Å². The van der Waals surface area contributed by atoms with E-state index in [0.717, 1.165) is 10.2 Å². The molecule has 0 saturated carbocycles. The van der Waals surface area contributed by atoms with Gasteiger partial charge in [-0.2, -0.15) is 5.10 Å². The third-order valence-corrected chi connectivity index (χ3v) is 2.03. The molecule has 4 nitrogen and oxygen atoms in total. The van der Waals surface area contributed by atoms with E-state index in [1.807, 2.05) is 19.1 Å². The summed E-state index contributed by atoms with van der Waals surface area (Å²) >= 11 is 3.27. The summed E-state index contributed by atoms with van der Waals surface area (Å²) in [5.74, 6) is 10.7. The summed E-state index contributed by atoms with van der Waals surface area (Å²) in [5.41, 5.74) is 1.43. The first-order valence-corrected chi connectivity index (χ1v) is 3.83. The molecule has 1 heterocycles. The first-order chi connectivity index (χ1) is 5.16. The molecule has 0 aliphatic heterocycles. The van der Waals surface area contributed by atoms with Crippen molar-refractivity contribution in [3.05, 3.63) is 27.8 Å². The second kappa shape index (κ2) is 2.96. The fourth-order valence-electron chi connectivity index (χ4n) is 0.755. The molecule has 0 fully saturated rings. The maximum absolute atomic E-state index is 5.61. The lowest BCUT2D eigenvalue weighted by molar-refractivity contribution is 0.830. The van der Waals surface area contributed by atoms with Crippen LogP contribution in [-0.2, 0) is 0 Å². The quantitative estimate of drug-likeness (QED) is 0.476. The molecule has 11 heavy (non-hydrogen) atoms. The van der Waals surface area contributed by atoms with Crippen molar-refractivity contribution >= 4 is 15.9 Å². The molecule has 60 valence electrons. The Bertz CT molecular complexity index is 328. The maximum Gasteiger partial charge on any atom is 0.184 e.